The molecule has 0 fully saturated rings. The maximum atomic E-state index is 11.8. The second-order valence-electron chi connectivity index (χ2n) is 3.82. The van der Waals surface area contributed by atoms with Gasteiger partial charge in [0.05, 0.1) is 11.4 Å². The van der Waals surface area contributed by atoms with Gasteiger partial charge in [0.25, 0.3) is 0 Å². The Hall–Kier alpha value is -2.19. The Morgan fingerprint density at radius 1 is 1.30 bits per heavy atom. The fourth-order valence-electron chi connectivity index (χ4n) is 1.20. The van der Waals surface area contributed by atoms with Gasteiger partial charge in [-0.05, 0) is 12.1 Å². The molecule has 0 aromatic heterocycles. The Morgan fingerprint density at radius 3 is 2.45 bits per heavy atom. The van der Waals surface area contributed by atoms with E-state index in [2.05, 4.69) is 5.32 Å². The summed E-state index contributed by atoms with van der Waals surface area (Å²) in [4.78, 5) is 21.9. The first kappa shape index (κ1) is 15.9. The van der Waals surface area contributed by atoms with Crippen LogP contribution in [0.1, 0.15) is 0 Å². The highest BCUT2D eigenvalue weighted by atomic mass is 32.2. The van der Waals surface area contributed by atoms with Gasteiger partial charge in [-0.15, -0.1) is 0 Å². The third kappa shape index (κ3) is 4.82. The van der Waals surface area contributed by atoms with Crippen LogP contribution in [0.15, 0.2) is 46.7 Å². The van der Waals surface area contributed by atoms with E-state index in [4.69, 9.17) is 10.8 Å². The first-order valence-electron chi connectivity index (χ1n) is 5.56. The topological polar surface area (TPSA) is 127 Å². The predicted octanol–water partition coefficient (Wildman–Crippen LogP) is -1.06. The number of nitrogens with one attached hydrogen (secondary N) is 1. The maximum Gasteiger partial charge on any atom is 0.248 e. The molecule has 8 heteroatoms. The molecule has 1 atom stereocenters. The van der Waals surface area contributed by atoms with Gasteiger partial charge in [-0.25, -0.2) is 8.42 Å². The van der Waals surface area contributed by atoms with E-state index in [1.54, 1.807) is 18.2 Å². The smallest absolute Gasteiger partial charge is 0.248 e. The number of carbonyl (C=O) groups is 2. The Balaban J connectivity index is 2.64. The predicted molar refractivity (Wildman–Crippen MR) is 71.0 cm³/mol. The number of sulfone groups is 1. The third-order valence-corrected chi connectivity index (χ3v) is 3.69. The average molecular weight is 298 g/mol. The molecular weight excluding hydrogens is 284 g/mol. The van der Waals surface area contributed by atoms with Crippen LogP contribution in [0.5, 0.6) is 0 Å². The molecule has 0 aliphatic carbocycles. The number of aliphatic hydroxyl groups excluding tert-OH is 1. The number of aliphatic hydroxyl groups is 1. The normalized spacial score (nSPS) is 13.1. The van der Waals surface area contributed by atoms with Crippen LogP contribution in [0.25, 0.3) is 0 Å². The van der Waals surface area contributed by atoms with Crippen molar-refractivity contribution in [2.75, 3.05) is 6.54 Å². The van der Waals surface area contributed by atoms with Gasteiger partial charge >= 0.3 is 0 Å². The minimum Gasteiger partial charge on any atom is -0.381 e. The molecule has 0 bridgehead atoms. The molecule has 0 aliphatic heterocycles. The van der Waals surface area contributed by atoms with Crippen molar-refractivity contribution >= 4 is 21.7 Å². The summed E-state index contributed by atoms with van der Waals surface area (Å²) in [7, 11) is -3.71. The van der Waals surface area contributed by atoms with Crippen LogP contribution in [0.3, 0.4) is 0 Å². The molecule has 0 saturated heterocycles. The highest BCUT2D eigenvalue weighted by Crippen LogP contribution is 2.10. The van der Waals surface area contributed by atoms with E-state index in [0.717, 1.165) is 11.5 Å². The summed E-state index contributed by atoms with van der Waals surface area (Å²) in [6, 6.07) is 7.58. The fourth-order valence-corrected chi connectivity index (χ4v) is 2.19. The molecular formula is C12H14N2O5S. The molecule has 0 spiro atoms. The van der Waals surface area contributed by atoms with Crippen molar-refractivity contribution in [1.29, 1.82) is 0 Å². The number of amides is 2. The second kappa shape index (κ2) is 6.83. The largest absolute Gasteiger partial charge is 0.381 e. The highest BCUT2D eigenvalue weighted by molar-refractivity contribution is 7.94. The standard InChI is InChI=1S/C12H14N2O5S/c13-12(17)10(15)8-14-11(16)6-7-20(18,19)9-4-2-1-3-5-9/h1-7,10,15H,8H2,(H2,13,17)(H,14,16)/b7-6+. The van der Waals surface area contributed by atoms with E-state index in [9.17, 15) is 18.0 Å². The minimum absolute atomic E-state index is 0.0567. The summed E-state index contributed by atoms with van der Waals surface area (Å²) in [5.41, 5.74) is 4.79. The second-order valence-corrected chi connectivity index (χ2v) is 5.66. The SMILES string of the molecule is NC(=O)C(O)CNC(=O)/C=C/S(=O)(=O)c1ccccc1. The Morgan fingerprint density at radius 2 is 1.90 bits per heavy atom. The lowest BCUT2D eigenvalue weighted by atomic mass is 10.3. The van der Waals surface area contributed by atoms with Crippen molar-refractivity contribution in [1.82, 2.24) is 5.32 Å². The third-order valence-electron chi connectivity index (χ3n) is 2.27. The van der Waals surface area contributed by atoms with Crippen LogP contribution in [0, 0.1) is 0 Å². The summed E-state index contributed by atoms with van der Waals surface area (Å²) >= 11 is 0. The molecule has 0 radical (unpaired) electrons. The molecule has 1 rings (SSSR count). The van der Waals surface area contributed by atoms with Gasteiger partial charge in [0.2, 0.25) is 11.8 Å². The average Bonchev–Trinajstić information content (AvgIpc) is 2.43. The molecule has 1 unspecified atom stereocenters. The van der Waals surface area contributed by atoms with Crippen molar-refractivity contribution in [3.8, 4) is 0 Å². The fraction of sp³-hybridized carbons (Fsp3) is 0.167. The molecule has 1 aromatic carbocycles. The van der Waals surface area contributed by atoms with Crippen molar-refractivity contribution < 1.29 is 23.1 Å². The van der Waals surface area contributed by atoms with Crippen LogP contribution in [0.2, 0.25) is 0 Å². The summed E-state index contributed by atoms with van der Waals surface area (Å²) in [6.07, 6.45) is -0.714. The van der Waals surface area contributed by atoms with E-state index in [-0.39, 0.29) is 11.4 Å². The molecule has 7 nitrogen and oxygen atoms in total. The zero-order chi connectivity index (χ0) is 15.2. The summed E-state index contributed by atoms with van der Waals surface area (Å²) in [5.74, 6) is -1.74. The number of hydrogen-bond acceptors (Lipinski definition) is 5. The van der Waals surface area contributed by atoms with E-state index in [1.165, 1.54) is 12.1 Å². The van der Waals surface area contributed by atoms with Gasteiger partial charge in [0.15, 0.2) is 9.84 Å². The van der Waals surface area contributed by atoms with E-state index in [1.807, 2.05) is 0 Å². The summed E-state index contributed by atoms with van der Waals surface area (Å²) < 4.78 is 23.6. The van der Waals surface area contributed by atoms with Crippen molar-refractivity contribution in [3.63, 3.8) is 0 Å². The zero-order valence-corrected chi connectivity index (χ0v) is 11.2. The monoisotopic (exact) mass is 298 g/mol. The van der Waals surface area contributed by atoms with Gasteiger partial charge in [-0.2, -0.15) is 0 Å². The minimum atomic E-state index is -3.71. The molecule has 0 saturated carbocycles. The van der Waals surface area contributed by atoms with Gasteiger partial charge in [0.1, 0.15) is 6.10 Å². The number of benzene rings is 1. The molecule has 108 valence electrons. The molecule has 2 amide bonds. The van der Waals surface area contributed by atoms with Gasteiger partial charge < -0.3 is 16.2 Å². The van der Waals surface area contributed by atoms with Gasteiger partial charge in [0, 0.05) is 11.5 Å². The molecule has 0 heterocycles. The zero-order valence-electron chi connectivity index (χ0n) is 10.4. The van der Waals surface area contributed by atoms with Crippen LogP contribution >= 0.6 is 0 Å². The van der Waals surface area contributed by atoms with Crippen molar-refractivity contribution in [2.45, 2.75) is 11.0 Å². The maximum absolute atomic E-state index is 11.8. The quantitative estimate of drug-likeness (QED) is 0.577. The first-order valence-corrected chi connectivity index (χ1v) is 7.11. The number of primary amides is 1. The van der Waals surface area contributed by atoms with Crippen molar-refractivity contribution in [3.05, 3.63) is 41.8 Å². The number of hydrogen-bond donors (Lipinski definition) is 3. The Kier molecular flexibility index (Phi) is 5.42. The highest BCUT2D eigenvalue weighted by Gasteiger charge is 2.12. The van der Waals surface area contributed by atoms with Gasteiger partial charge in [-0.3, -0.25) is 9.59 Å². The Labute approximate surface area is 116 Å². The number of nitrogens with two attached hydrogens (primary N) is 1. The molecule has 4 N–H and O–H groups in total. The van der Waals surface area contributed by atoms with Gasteiger partial charge in [-0.1, -0.05) is 18.2 Å². The lowest BCUT2D eigenvalue weighted by Crippen LogP contribution is -2.39. The number of carbonyl (C=O) groups excluding carboxylic acids is 2. The van der Waals surface area contributed by atoms with E-state index in [0.29, 0.717) is 0 Å². The van der Waals surface area contributed by atoms with Crippen LogP contribution < -0.4 is 11.1 Å². The summed E-state index contributed by atoms with van der Waals surface area (Å²) in [5, 5.41) is 11.9. The lowest BCUT2D eigenvalue weighted by molar-refractivity contribution is -0.126. The molecule has 20 heavy (non-hydrogen) atoms. The van der Waals surface area contributed by atoms with E-state index >= 15 is 0 Å². The van der Waals surface area contributed by atoms with Crippen molar-refractivity contribution in [2.24, 2.45) is 5.73 Å². The van der Waals surface area contributed by atoms with Crippen LogP contribution in [-0.2, 0) is 19.4 Å². The first-order chi connectivity index (χ1) is 9.33. The van der Waals surface area contributed by atoms with Crippen LogP contribution in [0.4, 0.5) is 0 Å². The van der Waals surface area contributed by atoms with E-state index < -0.39 is 27.8 Å². The Bertz CT molecular complexity index is 610. The van der Waals surface area contributed by atoms with Crippen LogP contribution in [-0.4, -0.2) is 38.0 Å². The molecule has 0 aliphatic rings. The summed E-state index contributed by atoms with van der Waals surface area (Å²) in [6.45, 7) is -0.385. The number of rotatable bonds is 6. The molecule has 1 aromatic rings. The lowest BCUT2D eigenvalue weighted by Gasteiger charge is -2.06.